The fourth-order valence-electron chi connectivity index (χ4n) is 1.72. The number of nitrogens with one attached hydrogen (secondary N) is 1. The van der Waals surface area contributed by atoms with Gasteiger partial charge in [0.05, 0.1) is 24.3 Å². The minimum Gasteiger partial charge on any atom is -0.468 e. The third-order valence-electron chi connectivity index (χ3n) is 2.71. The van der Waals surface area contributed by atoms with Crippen molar-refractivity contribution in [2.45, 2.75) is 6.54 Å². The van der Waals surface area contributed by atoms with E-state index in [0.29, 0.717) is 11.0 Å². The van der Waals surface area contributed by atoms with E-state index in [2.05, 4.69) is 15.0 Å². The molecule has 0 radical (unpaired) electrons. The van der Waals surface area contributed by atoms with E-state index in [0.717, 1.165) is 6.20 Å². The monoisotopic (exact) mass is 275 g/mol. The third kappa shape index (κ3) is 3.00. The van der Waals surface area contributed by atoms with Crippen molar-refractivity contribution >= 4 is 22.9 Å². The van der Waals surface area contributed by atoms with Gasteiger partial charge < -0.3 is 10.1 Å². The molecule has 2 aromatic rings. The first-order valence-electron chi connectivity index (χ1n) is 5.90. The maximum atomic E-state index is 11.8. The van der Waals surface area contributed by atoms with Gasteiger partial charge >= 0.3 is 5.97 Å². The minimum atomic E-state index is -0.551. The van der Waals surface area contributed by atoms with Crippen LogP contribution in [0.3, 0.4) is 0 Å². The number of methoxy groups -OCH3 is 1. The Morgan fingerprint density at radius 2 is 2.10 bits per heavy atom. The first-order valence-corrected chi connectivity index (χ1v) is 5.90. The van der Waals surface area contributed by atoms with Crippen molar-refractivity contribution in [3.8, 4) is 0 Å². The first kappa shape index (κ1) is 13.7. The summed E-state index contributed by atoms with van der Waals surface area (Å²) in [6, 6.07) is 7.00. The Kier molecular flexibility index (Phi) is 4.09. The molecule has 1 N–H and O–H groups in total. The van der Waals surface area contributed by atoms with Crippen LogP contribution in [0.25, 0.3) is 11.0 Å². The Morgan fingerprint density at radius 1 is 1.35 bits per heavy atom. The van der Waals surface area contributed by atoms with Crippen LogP contribution < -0.4 is 10.9 Å². The number of ether oxygens (including phenoxy) is 1. The molecule has 2 rings (SSSR count). The fourth-order valence-corrected chi connectivity index (χ4v) is 1.72. The summed E-state index contributed by atoms with van der Waals surface area (Å²) < 4.78 is 5.71. The maximum Gasteiger partial charge on any atom is 0.325 e. The average molecular weight is 275 g/mol. The molecule has 0 aliphatic rings. The van der Waals surface area contributed by atoms with E-state index in [4.69, 9.17) is 0 Å². The highest BCUT2D eigenvalue weighted by molar-refractivity contribution is 5.83. The van der Waals surface area contributed by atoms with E-state index < -0.39 is 11.9 Å². The first-order chi connectivity index (χ1) is 9.61. The summed E-state index contributed by atoms with van der Waals surface area (Å²) in [5, 5.41) is 2.38. The van der Waals surface area contributed by atoms with E-state index in [9.17, 15) is 14.4 Å². The van der Waals surface area contributed by atoms with Crippen molar-refractivity contribution in [1.29, 1.82) is 0 Å². The molecule has 1 amide bonds. The summed E-state index contributed by atoms with van der Waals surface area (Å²) in [5.41, 5.74) is 0.804. The number of aromatic nitrogens is 2. The molecule has 0 atom stereocenters. The van der Waals surface area contributed by atoms with Gasteiger partial charge in [0.1, 0.15) is 13.1 Å². The lowest BCUT2D eigenvalue weighted by Crippen LogP contribution is -2.35. The molecule has 104 valence electrons. The highest BCUT2D eigenvalue weighted by Crippen LogP contribution is 2.07. The van der Waals surface area contributed by atoms with Crippen LogP contribution in [0.5, 0.6) is 0 Å². The molecule has 0 fully saturated rings. The standard InChI is InChI=1S/C13H13N3O4/c1-20-13(19)7-15-11(17)8-16-10-5-3-2-4-9(10)14-6-12(16)18/h2-6H,7-8H2,1H3,(H,15,17). The van der Waals surface area contributed by atoms with Gasteiger partial charge in [-0.1, -0.05) is 12.1 Å². The lowest BCUT2D eigenvalue weighted by atomic mass is 10.3. The van der Waals surface area contributed by atoms with E-state index in [1.807, 2.05) is 0 Å². The van der Waals surface area contributed by atoms with Crippen LogP contribution in [0.4, 0.5) is 0 Å². The molecular formula is C13H13N3O4. The summed E-state index contributed by atoms with van der Waals surface area (Å²) in [5.74, 6) is -1.00. The number of nitrogens with zero attached hydrogens (tertiary/aromatic N) is 2. The van der Waals surface area contributed by atoms with Crippen molar-refractivity contribution in [2.75, 3.05) is 13.7 Å². The Labute approximate surface area is 114 Å². The van der Waals surface area contributed by atoms with E-state index >= 15 is 0 Å². The van der Waals surface area contributed by atoms with Gasteiger partial charge in [-0.15, -0.1) is 0 Å². The van der Waals surface area contributed by atoms with E-state index in [-0.39, 0.29) is 18.6 Å². The highest BCUT2D eigenvalue weighted by Gasteiger charge is 2.10. The predicted octanol–water partition coefficient (Wildman–Crippen LogP) is -0.314. The SMILES string of the molecule is COC(=O)CNC(=O)Cn1c(=O)cnc2ccccc21. The van der Waals surface area contributed by atoms with Gasteiger partial charge in [-0.05, 0) is 12.1 Å². The smallest absolute Gasteiger partial charge is 0.325 e. The summed E-state index contributed by atoms with van der Waals surface area (Å²) in [6.07, 6.45) is 1.16. The summed E-state index contributed by atoms with van der Waals surface area (Å²) in [6.45, 7) is -0.411. The Morgan fingerprint density at radius 3 is 2.85 bits per heavy atom. The molecule has 0 spiro atoms. The molecule has 0 bridgehead atoms. The van der Waals surface area contributed by atoms with Crippen molar-refractivity contribution in [3.63, 3.8) is 0 Å². The van der Waals surface area contributed by atoms with E-state index in [1.54, 1.807) is 24.3 Å². The lowest BCUT2D eigenvalue weighted by molar-refractivity contribution is -0.141. The lowest BCUT2D eigenvalue weighted by Gasteiger charge is -2.09. The number of rotatable bonds is 4. The number of benzene rings is 1. The Bertz CT molecular complexity index is 708. The quantitative estimate of drug-likeness (QED) is 0.773. The zero-order valence-electron chi connectivity index (χ0n) is 10.8. The molecule has 7 heteroatoms. The molecule has 1 aromatic carbocycles. The van der Waals surface area contributed by atoms with Gasteiger partial charge in [-0.2, -0.15) is 0 Å². The number of hydrogen-bond donors (Lipinski definition) is 1. The molecule has 0 saturated heterocycles. The minimum absolute atomic E-state index is 0.182. The molecule has 20 heavy (non-hydrogen) atoms. The molecular weight excluding hydrogens is 262 g/mol. The van der Waals surface area contributed by atoms with Crippen molar-refractivity contribution in [3.05, 3.63) is 40.8 Å². The summed E-state index contributed by atoms with van der Waals surface area (Å²) >= 11 is 0. The number of amides is 1. The number of carbonyl (C=O) groups excluding carboxylic acids is 2. The van der Waals surface area contributed by atoms with Crippen molar-refractivity contribution in [1.82, 2.24) is 14.9 Å². The maximum absolute atomic E-state index is 11.8. The Balaban J connectivity index is 2.21. The molecule has 1 heterocycles. The van der Waals surface area contributed by atoms with E-state index in [1.165, 1.54) is 11.7 Å². The number of hydrogen-bond acceptors (Lipinski definition) is 5. The number of fused-ring (bicyclic) bond motifs is 1. The largest absolute Gasteiger partial charge is 0.468 e. The third-order valence-corrected chi connectivity index (χ3v) is 2.71. The van der Waals surface area contributed by atoms with Crippen LogP contribution in [-0.4, -0.2) is 35.1 Å². The highest BCUT2D eigenvalue weighted by atomic mass is 16.5. The number of esters is 1. The number of para-hydroxylation sites is 2. The molecule has 7 nitrogen and oxygen atoms in total. The molecule has 0 unspecified atom stereocenters. The molecule has 1 aromatic heterocycles. The average Bonchev–Trinajstić information content (AvgIpc) is 2.47. The second-order valence-corrected chi connectivity index (χ2v) is 4.02. The van der Waals surface area contributed by atoms with Crippen molar-refractivity contribution < 1.29 is 14.3 Å². The van der Waals surface area contributed by atoms with Gasteiger partial charge in [0.15, 0.2) is 0 Å². The molecule has 0 aliphatic heterocycles. The van der Waals surface area contributed by atoms with Gasteiger partial charge in [-0.25, -0.2) is 4.98 Å². The molecule has 0 aliphatic carbocycles. The van der Waals surface area contributed by atoms with Crippen LogP contribution in [0.15, 0.2) is 35.3 Å². The predicted molar refractivity (Wildman–Crippen MR) is 71.0 cm³/mol. The van der Waals surface area contributed by atoms with Gasteiger partial charge in [-0.3, -0.25) is 19.0 Å². The topological polar surface area (TPSA) is 90.3 Å². The van der Waals surface area contributed by atoms with Crippen LogP contribution in [0, 0.1) is 0 Å². The zero-order chi connectivity index (χ0) is 14.5. The van der Waals surface area contributed by atoms with Crippen LogP contribution >= 0.6 is 0 Å². The summed E-state index contributed by atoms with van der Waals surface area (Å²) in [7, 11) is 1.23. The van der Waals surface area contributed by atoms with Gasteiger partial charge in [0, 0.05) is 0 Å². The molecule has 0 saturated carbocycles. The fraction of sp³-hybridized carbons (Fsp3) is 0.231. The second-order valence-electron chi connectivity index (χ2n) is 4.02. The van der Waals surface area contributed by atoms with Gasteiger partial charge in [0.2, 0.25) is 5.91 Å². The number of carbonyl (C=O) groups is 2. The summed E-state index contributed by atoms with van der Waals surface area (Å²) in [4.78, 5) is 38.5. The van der Waals surface area contributed by atoms with Crippen LogP contribution in [0.2, 0.25) is 0 Å². The Hall–Kier alpha value is -2.70. The van der Waals surface area contributed by atoms with Gasteiger partial charge in [0.25, 0.3) is 5.56 Å². The van der Waals surface area contributed by atoms with Crippen LogP contribution in [0.1, 0.15) is 0 Å². The zero-order valence-corrected chi connectivity index (χ0v) is 10.8. The van der Waals surface area contributed by atoms with Crippen LogP contribution in [-0.2, 0) is 20.9 Å². The second kappa shape index (κ2) is 5.96. The van der Waals surface area contributed by atoms with Crippen molar-refractivity contribution in [2.24, 2.45) is 0 Å². The normalized spacial score (nSPS) is 10.2.